The van der Waals surface area contributed by atoms with Crippen molar-refractivity contribution in [2.45, 2.75) is 6.92 Å². The Hall–Kier alpha value is 0.650. The zero-order valence-electron chi connectivity index (χ0n) is 6.77. The molecule has 2 nitrogen and oxygen atoms in total. The molecule has 0 unspecified atom stereocenters. The van der Waals surface area contributed by atoms with Gasteiger partial charge in [-0.3, -0.25) is 0 Å². The lowest BCUT2D eigenvalue weighted by atomic mass is 10.5. The number of hydrogen-bond donors (Lipinski definition) is 0. The Balaban J connectivity index is 2.97. The van der Waals surface area contributed by atoms with Gasteiger partial charge in [-0.15, -0.1) is 0 Å². The highest BCUT2D eigenvalue weighted by Gasteiger charge is 1.94. The third-order valence-corrected chi connectivity index (χ3v) is 1.77. The van der Waals surface area contributed by atoms with Crippen LogP contribution < -0.4 is 0 Å². The van der Waals surface area contributed by atoms with Crippen molar-refractivity contribution in [1.82, 2.24) is 4.90 Å². The second kappa shape index (κ2) is 7.75. The topological polar surface area (TPSA) is 12.5 Å². The minimum absolute atomic E-state index is 0.831. The van der Waals surface area contributed by atoms with Crippen LogP contribution in [0.1, 0.15) is 6.92 Å². The van der Waals surface area contributed by atoms with Gasteiger partial charge in [0, 0.05) is 24.1 Å². The van der Waals surface area contributed by atoms with E-state index in [-0.39, 0.29) is 0 Å². The summed E-state index contributed by atoms with van der Waals surface area (Å²) in [5.74, 6) is 0. The second-order valence-electron chi connectivity index (χ2n) is 2.19. The zero-order valence-corrected chi connectivity index (χ0v) is 8.93. The normalized spacial score (nSPS) is 10.8. The quantitative estimate of drug-likeness (QED) is 0.405. The van der Waals surface area contributed by atoms with Crippen LogP contribution >= 0.6 is 22.6 Å². The number of nitrogens with zero attached hydrogens (tertiary/aromatic N) is 1. The molecule has 0 radical (unpaired) electrons. The second-order valence-corrected chi connectivity index (χ2v) is 3.27. The van der Waals surface area contributed by atoms with Crippen molar-refractivity contribution in [3.05, 3.63) is 0 Å². The lowest BCUT2D eigenvalue weighted by Crippen LogP contribution is -2.24. The largest absolute Gasteiger partial charge is 0.380 e. The fraction of sp³-hybridized carbons (Fsp3) is 1.00. The summed E-state index contributed by atoms with van der Waals surface area (Å²) in [7, 11) is 2.12. The molecular weight excluding hydrogens is 241 g/mol. The number of alkyl halides is 1. The van der Waals surface area contributed by atoms with E-state index >= 15 is 0 Å². The fourth-order valence-corrected chi connectivity index (χ4v) is 1.44. The molecule has 62 valence electrons. The number of hydrogen-bond acceptors (Lipinski definition) is 2. The average molecular weight is 257 g/mol. The van der Waals surface area contributed by atoms with Gasteiger partial charge in [0.2, 0.25) is 0 Å². The van der Waals surface area contributed by atoms with E-state index in [1.807, 2.05) is 6.92 Å². The average Bonchev–Trinajstić information content (AvgIpc) is 1.89. The Morgan fingerprint density at radius 1 is 1.40 bits per heavy atom. The molecule has 0 atom stereocenters. The van der Waals surface area contributed by atoms with Crippen molar-refractivity contribution in [3.63, 3.8) is 0 Å². The first kappa shape index (κ1) is 10.7. The first-order chi connectivity index (χ1) is 4.81. The number of rotatable bonds is 6. The third kappa shape index (κ3) is 6.77. The lowest BCUT2D eigenvalue weighted by Gasteiger charge is -2.13. The van der Waals surface area contributed by atoms with Crippen LogP contribution in [-0.4, -0.2) is 42.7 Å². The van der Waals surface area contributed by atoms with Crippen molar-refractivity contribution in [1.29, 1.82) is 0 Å². The molecule has 0 fully saturated rings. The molecule has 0 aromatic rings. The first-order valence-electron chi connectivity index (χ1n) is 3.63. The van der Waals surface area contributed by atoms with E-state index in [1.54, 1.807) is 0 Å². The minimum atomic E-state index is 0.831. The van der Waals surface area contributed by atoms with Gasteiger partial charge in [0.15, 0.2) is 0 Å². The molecule has 0 bridgehead atoms. The van der Waals surface area contributed by atoms with E-state index in [9.17, 15) is 0 Å². The summed E-state index contributed by atoms with van der Waals surface area (Å²) < 4.78 is 6.40. The molecule has 0 aromatic heterocycles. The predicted octanol–water partition coefficient (Wildman–Crippen LogP) is 1.39. The van der Waals surface area contributed by atoms with E-state index in [2.05, 4.69) is 34.5 Å². The Bertz CT molecular complexity index is 70.6. The van der Waals surface area contributed by atoms with Crippen LogP contribution in [0.25, 0.3) is 0 Å². The summed E-state index contributed by atoms with van der Waals surface area (Å²) in [6, 6.07) is 0. The Kier molecular flexibility index (Phi) is 8.26. The van der Waals surface area contributed by atoms with Crippen LogP contribution in [0.2, 0.25) is 0 Å². The third-order valence-electron chi connectivity index (χ3n) is 1.29. The smallest absolute Gasteiger partial charge is 0.0593 e. The minimum Gasteiger partial charge on any atom is -0.380 e. The summed E-state index contributed by atoms with van der Waals surface area (Å²) in [6.07, 6.45) is 0. The first-order valence-corrected chi connectivity index (χ1v) is 5.16. The molecule has 0 amide bonds. The monoisotopic (exact) mass is 257 g/mol. The predicted molar refractivity (Wildman–Crippen MR) is 52.9 cm³/mol. The van der Waals surface area contributed by atoms with Crippen LogP contribution in [-0.2, 0) is 4.74 Å². The van der Waals surface area contributed by atoms with Gasteiger partial charge >= 0.3 is 0 Å². The summed E-state index contributed by atoms with van der Waals surface area (Å²) in [6.45, 7) is 5.94. The van der Waals surface area contributed by atoms with Crippen LogP contribution in [0.3, 0.4) is 0 Å². The molecule has 0 aliphatic heterocycles. The Morgan fingerprint density at radius 2 is 2.10 bits per heavy atom. The highest BCUT2D eigenvalue weighted by atomic mass is 127. The summed E-state index contributed by atoms with van der Waals surface area (Å²) in [5, 5.41) is 0. The maximum atomic E-state index is 5.21. The van der Waals surface area contributed by atoms with E-state index in [1.165, 1.54) is 4.43 Å². The Morgan fingerprint density at radius 3 is 2.60 bits per heavy atom. The summed E-state index contributed by atoms with van der Waals surface area (Å²) in [5.41, 5.74) is 0. The molecule has 0 spiro atoms. The zero-order chi connectivity index (χ0) is 7.82. The van der Waals surface area contributed by atoms with Crippen LogP contribution in [0.5, 0.6) is 0 Å². The molecule has 0 heterocycles. The van der Waals surface area contributed by atoms with Gasteiger partial charge in [-0.25, -0.2) is 0 Å². The molecule has 0 N–H and O–H groups in total. The van der Waals surface area contributed by atoms with Crippen molar-refractivity contribution in [2.75, 3.05) is 37.8 Å². The molecule has 10 heavy (non-hydrogen) atoms. The van der Waals surface area contributed by atoms with Crippen LogP contribution in [0.4, 0.5) is 0 Å². The molecule has 0 aliphatic rings. The standard InChI is InChI=1S/C7H16INO/c1-3-10-7-6-9(2)5-4-8/h3-7H2,1-2H3. The van der Waals surface area contributed by atoms with Gasteiger partial charge < -0.3 is 9.64 Å². The SMILES string of the molecule is CCOCCN(C)CCI. The van der Waals surface area contributed by atoms with E-state index in [4.69, 9.17) is 4.74 Å². The molecule has 0 rings (SSSR count). The van der Waals surface area contributed by atoms with Gasteiger partial charge in [0.25, 0.3) is 0 Å². The van der Waals surface area contributed by atoms with Gasteiger partial charge in [-0.1, -0.05) is 22.6 Å². The number of likely N-dealkylation sites (N-methyl/N-ethyl adjacent to an activating group) is 1. The van der Waals surface area contributed by atoms with E-state index < -0.39 is 0 Å². The molecule has 0 saturated heterocycles. The highest BCUT2D eigenvalue weighted by Crippen LogP contribution is 1.87. The van der Waals surface area contributed by atoms with Crippen molar-refractivity contribution >= 4 is 22.6 Å². The fourth-order valence-electron chi connectivity index (χ4n) is 0.621. The van der Waals surface area contributed by atoms with Gasteiger partial charge in [0.1, 0.15) is 0 Å². The summed E-state index contributed by atoms with van der Waals surface area (Å²) >= 11 is 2.38. The highest BCUT2D eigenvalue weighted by molar-refractivity contribution is 14.1. The molecule has 0 aromatic carbocycles. The van der Waals surface area contributed by atoms with Crippen molar-refractivity contribution in [3.8, 4) is 0 Å². The molecule has 0 saturated carbocycles. The maximum Gasteiger partial charge on any atom is 0.0593 e. The number of halogens is 1. The van der Waals surface area contributed by atoms with Gasteiger partial charge in [0.05, 0.1) is 6.61 Å². The number of ether oxygens (including phenoxy) is 1. The maximum absolute atomic E-state index is 5.21. The van der Waals surface area contributed by atoms with Crippen LogP contribution in [0, 0.1) is 0 Å². The summed E-state index contributed by atoms with van der Waals surface area (Å²) in [4.78, 5) is 2.28. The van der Waals surface area contributed by atoms with E-state index in [0.717, 1.165) is 26.3 Å². The van der Waals surface area contributed by atoms with Gasteiger partial charge in [-0.05, 0) is 14.0 Å². The Labute approximate surface area is 77.1 Å². The van der Waals surface area contributed by atoms with Gasteiger partial charge in [-0.2, -0.15) is 0 Å². The lowest BCUT2D eigenvalue weighted by molar-refractivity contribution is 0.124. The van der Waals surface area contributed by atoms with Crippen molar-refractivity contribution in [2.24, 2.45) is 0 Å². The molecule has 3 heteroatoms. The van der Waals surface area contributed by atoms with Crippen molar-refractivity contribution < 1.29 is 4.74 Å². The molecule has 0 aliphatic carbocycles. The van der Waals surface area contributed by atoms with Crippen LogP contribution in [0.15, 0.2) is 0 Å². The van der Waals surface area contributed by atoms with E-state index in [0.29, 0.717) is 0 Å². The molecular formula is C7H16INO.